The molecule has 0 bridgehead atoms. The topological polar surface area (TPSA) is 114 Å². The van der Waals surface area contributed by atoms with Crippen molar-refractivity contribution in [2.45, 2.75) is 30.4 Å². The predicted molar refractivity (Wildman–Crippen MR) is 84.2 cm³/mol. The molecule has 2 atom stereocenters. The van der Waals surface area contributed by atoms with Crippen LogP contribution in [0.15, 0.2) is 38.4 Å². The number of fused-ring (bicyclic) bond motifs is 1. The monoisotopic (exact) mass is 323 g/mol. The summed E-state index contributed by atoms with van der Waals surface area (Å²) in [6.45, 7) is 1.84. The van der Waals surface area contributed by atoms with Crippen LogP contribution >= 0.6 is 11.8 Å². The third-order valence-electron chi connectivity index (χ3n) is 3.21. The maximum Gasteiger partial charge on any atom is 0.336 e. The molecule has 2 aromatic rings. The first-order valence-corrected chi connectivity index (χ1v) is 7.69. The van der Waals surface area contributed by atoms with E-state index in [4.69, 9.17) is 15.3 Å². The van der Waals surface area contributed by atoms with Crippen LogP contribution in [-0.2, 0) is 4.79 Å². The molecule has 0 amide bonds. The van der Waals surface area contributed by atoms with E-state index in [2.05, 4.69) is 0 Å². The highest BCUT2D eigenvalue weighted by molar-refractivity contribution is 7.99. The molecule has 0 radical (unpaired) electrons. The van der Waals surface area contributed by atoms with Crippen LogP contribution < -0.4 is 11.4 Å². The standard InChI is InChI=1S/C15H17NO5S/c1-8-4-14(18)21-13-6-10(2-3-11(8)13)22-7-9(17)5-12(16)15(19)20/h2-4,6,9,12,17H,5,7,16H2,1H3,(H,19,20). The molecule has 1 heterocycles. The van der Waals surface area contributed by atoms with Crippen LogP contribution in [0.4, 0.5) is 0 Å². The Labute approximate surface area is 130 Å². The fourth-order valence-electron chi connectivity index (χ4n) is 2.05. The summed E-state index contributed by atoms with van der Waals surface area (Å²) in [4.78, 5) is 22.8. The van der Waals surface area contributed by atoms with Crippen LogP contribution in [0.3, 0.4) is 0 Å². The van der Waals surface area contributed by atoms with E-state index in [1.807, 2.05) is 19.1 Å². The summed E-state index contributed by atoms with van der Waals surface area (Å²) in [5, 5.41) is 19.4. The number of carbonyl (C=O) groups is 1. The maximum atomic E-state index is 11.4. The highest BCUT2D eigenvalue weighted by Crippen LogP contribution is 2.25. The van der Waals surface area contributed by atoms with Gasteiger partial charge in [0.15, 0.2) is 0 Å². The molecule has 0 aliphatic carbocycles. The Morgan fingerprint density at radius 3 is 2.82 bits per heavy atom. The molecule has 0 fully saturated rings. The summed E-state index contributed by atoms with van der Waals surface area (Å²) in [7, 11) is 0. The summed E-state index contributed by atoms with van der Waals surface area (Å²) in [5.41, 5.74) is 6.31. The molecule has 4 N–H and O–H groups in total. The number of thioether (sulfide) groups is 1. The van der Waals surface area contributed by atoms with Crippen molar-refractivity contribution in [3.8, 4) is 0 Å². The minimum absolute atomic E-state index is 0.00982. The molecule has 0 aliphatic heterocycles. The lowest BCUT2D eigenvalue weighted by atomic mass is 10.1. The van der Waals surface area contributed by atoms with Crippen molar-refractivity contribution in [3.05, 3.63) is 40.2 Å². The summed E-state index contributed by atoms with van der Waals surface area (Å²) < 4.78 is 5.16. The Kier molecular flexibility index (Phi) is 5.23. The summed E-state index contributed by atoms with van der Waals surface area (Å²) in [5.74, 6) is -0.824. The molecule has 0 aliphatic rings. The van der Waals surface area contributed by atoms with Gasteiger partial charge in [0.1, 0.15) is 11.6 Å². The van der Waals surface area contributed by atoms with E-state index < -0.39 is 23.7 Å². The van der Waals surface area contributed by atoms with Gasteiger partial charge in [0.2, 0.25) is 0 Å². The van der Waals surface area contributed by atoms with Gasteiger partial charge < -0.3 is 20.4 Å². The van der Waals surface area contributed by atoms with Crippen molar-refractivity contribution in [1.82, 2.24) is 0 Å². The lowest BCUT2D eigenvalue weighted by Crippen LogP contribution is -2.34. The van der Waals surface area contributed by atoms with E-state index in [1.54, 1.807) is 6.07 Å². The normalized spacial score (nSPS) is 14.0. The molecule has 2 rings (SSSR count). The van der Waals surface area contributed by atoms with E-state index in [1.165, 1.54) is 17.8 Å². The fourth-order valence-corrected chi connectivity index (χ4v) is 2.92. The Morgan fingerprint density at radius 2 is 2.14 bits per heavy atom. The van der Waals surface area contributed by atoms with E-state index >= 15 is 0 Å². The van der Waals surface area contributed by atoms with Crippen molar-refractivity contribution in [2.75, 3.05) is 5.75 Å². The number of carboxylic acids is 1. The second kappa shape index (κ2) is 6.95. The number of hydrogen-bond donors (Lipinski definition) is 3. The van der Waals surface area contributed by atoms with Crippen LogP contribution in [0, 0.1) is 6.92 Å². The van der Waals surface area contributed by atoms with Crippen LogP contribution in [0.1, 0.15) is 12.0 Å². The number of rotatable bonds is 6. The molecule has 0 saturated heterocycles. The lowest BCUT2D eigenvalue weighted by Gasteiger charge is -2.13. The van der Waals surface area contributed by atoms with Gasteiger partial charge in [0.05, 0.1) is 6.10 Å². The van der Waals surface area contributed by atoms with Crippen molar-refractivity contribution < 1.29 is 19.4 Å². The van der Waals surface area contributed by atoms with E-state index in [9.17, 15) is 14.7 Å². The second-order valence-electron chi connectivity index (χ2n) is 5.05. The zero-order valence-corrected chi connectivity index (χ0v) is 12.8. The van der Waals surface area contributed by atoms with Gasteiger partial charge in [0.25, 0.3) is 0 Å². The number of carboxylic acid groups (broad SMARTS) is 1. The Hall–Kier alpha value is -1.83. The predicted octanol–water partition coefficient (Wildman–Crippen LogP) is 1.36. The Balaban J connectivity index is 2.06. The second-order valence-corrected chi connectivity index (χ2v) is 6.15. The molecule has 1 aromatic carbocycles. The van der Waals surface area contributed by atoms with Crippen molar-refractivity contribution >= 4 is 28.7 Å². The van der Waals surface area contributed by atoms with E-state index in [0.29, 0.717) is 11.3 Å². The Morgan fingerprint density at radius 1 is 1.41 bits per heavy atom. The average molecular weight is 323 g/mol. The molecule has 118 valence electrons. The van der Waals surface area contributed by atoms with Gasteiger partial charge in [-0.25, -0.2) is 4.79 Å². The van der Waals surface area contributed by atoms with Crippen LogP contribution in [0.5, 0.6) is 0 Å². The van der Waals surface area contributed by atoms with Crippen LogP contribution in [0.25, 0.3) is 11.0 Å². The van der Waals surface area contributed by atoms with Gasteiger partial charge in [-0.05, 0) is 37.1 Å². The number of aliphatic hydroxyl groups is 1. The average Bonchev–Trinajstić information content (AvgIpc) is 2.44. The fraction of sp³-hybridized carbons (Fsp3) is 0.333. The molecular formula is C15H17NO5S. The minimum atomic E-state index is -1.13. The number of aliphatic hydroxyl groups excluding tert-OH is 1. The molecule has 1 aromatic heterocycles. The zero-order chi connectivity index (χ0) is 16.3. The summed E-state index contributed by atoms with van der Waals surface area (Å²) in [6, 6.07) is 5.81. The SMILES string of the molecule is Cc1cc(=O)oc2cc(SCC(O)CC(N)C(=O)O)ccc12. The van der Waals surface area contributed by atoms with Crippen molar-refractivity contribution in [1.29, 1.82) is 0 Å². The van der Waals surface area contributed by atoms with Gasteiger partial charge in [-0.15, -0.1) is 11.8 Å². The summed E-state index contributed by atoms with van der Waals surface area (Å²) >= 11 is 1.35. The third-order valence-corrected chi connectivity index (χ3v) is 4.35. The highest BCUT2D eigenvalue weighted by atomic mass is 32.2. The number of hydrogen-bond acceptors (Lipinski definition) is 6. The van der Waals surface area contributed by atoms with E-state index in [-0.39, 0.29) is 6.42 Å². The van der Waals surface area contributed by atoms with Gasteiger partial charge in [-0.3, -0.25) is 4.79 Å². The number of benzene rings is 1. The largest absolute Gasteiger partial charge is 0.480 e. The van der Waals surface area contributed by atoms with Gasteiger partial charge >= 0.3 is 11.6 Å². The molecule has 0 spiro atoms. The van der Waals surface area contributed by atoms with Crippen molar-refractivity contribution in [2.24, 2.45) is 5.73 Å². The molecular weight excluding hydrogens is 306 g/mol. The Bertz CT molecular complexity index is 742. The minimum Gasteiger partial charge on any atom is -0.480 e. The maximum absolute atomic E-state index is 11.4. The molecule has 6 nitrogen and oxygen atoms in total. The molecule has 7 heteroatoms. The first-order chi connectivity index (χ1) is 10.4. The smallest absolute Gasteiger partial charge is 0.336 e. The number of aliphatic carboxylic acids is 1. The number of nitrogens with two attached hydrogens (primary N) is 1. The third kappa shape index (κ3) is 4.09. The van der Waals surface area contributed by atoms with Gasteiger partial charge in [0, 0.05) is 22.1 Å². The van der Waals surface area contributed by atoms with E-state index in [0.717, 1.165) is 15.8 Å². The highest BCUT2D eigenvalue weighted by Gasteiger charge is 2.17. The zero-order valence-electron chi connectivity index (χ0n) is 12.0. The quantitative estimate of drug-likeness (QED) is 0.543. The first kappa shape index (κ1) is 16.5. The summed E-state index contributed by atoms with van der Waals surface area (Å²) in [6.07, 6.45) is -0.833. The first-order valence-electron chi connectivity index (χ1n) is 6.70. The van der Waals surface area contributed by atoms with Crippen LogP contribution in [0.2, 0.25) is 0 Å². The molecule has 0 saturated carbocycles. The lowest BCUT2D eigenvalue weighted by molar-refractivity contribution is -0.139. The molecule has 2 unspecified atom stereocenters. The van der Waals surface area contributed by atoms with Gasteiger partial charge in [-0.1, -0.05) is 0 Å². The van der Waals surface area contributed by atoms with Gasteiger partial charge in [-0.2, -0.15) is 0 Å². The number of aryl methyl sites for hydroxylation is 1. The van der Waals surface area contributed by atoms with Crippen molar-refractivity contribution in [3.63, 3.8) is 0 Å². The molecule has 22 heavy (non-hydrogen) atoms. The van der Waals surface area contributed by atoms with Crippen LogP contribution in [-0.4, -0.2) is 34.1 Å².